The van der Waals surface area contributed by atoms with Gasteiger partial charge in [0.05, 0.1) is 14.4 Å². The zero-order valence-corrected chi connectivity index (χ0v) is 17.0. The van der Waals surface area contributed by atoms with Crippen LogP contribution in [0.5, 0.6) is 0 Å². The molecule has 0 fully saturated rings. The van der Waals surface area contributed by atoms with Crippen molar-refractivity contribution in [3.8, 4) is 5.69 Å². The van der Waals surface area contributed by atoms with Crippen LogP contribution in [-0.4, -0.2) is 21.6 Å². The predicted molar refractivity (Wildman–Crippen MR) is 107 cm³/mol. The number of para-hydroxylation sites is 1. The highest BCUT2D eigenvalue weighted by molar-refractivity contribution is 9.11. The summed E-state index contributed by atoms with van der Waals surface area (Å²) in [6, 6.07) is 11.5. The van der Waals surface area contributed by atoms with Crippen molar-refractivity contribution >= 4 is 39.1 Å². The number of aromatic nitrogens is 2. The number of hydrazine groups is 1. The van der Waals surface area contributed by atoms with Crippen molar-refractivity contribution in [1.29, 1.82) is 0 Å². The van der Waals surface area contributed by atoms with Gasteiger partial charge in [0.2, 0.25) is 0 Å². The minimum atomic E-state index is -0.399. The first-order valence-corrected chi connectivity index (χ1v) is 10.2. The molecule has 1 aliphatic carbocycles. The van der Waals surface area contributed by atoms with Gasteiger partial charge in [-0.3, -0.25) is 20.4 Å². The second-order valence-electron chi connectivity index (χ2n) is 6.34. The molecule has 8 heteroatoms. The number of nitrogens with zero attached hydrogens (tertiary/aromatic N) is 2. The molecular weight excluding hydrogens is 428 g/mol. The van der Waals surface area contributed by atoms with E-state index in [0.29, 0.717) is 10.6 Å². The molecule has 0 unspecified atom stereocenters. The third-order valence-electron chi connectivity index (χ3n) is 4.58. The number of nitrogens with one attached hydrogen (secondary N) is 2. The number of rotatable bonds is 3. The van der Waals surface area contributed by atoms with Crippen LogP contribution < -0.4 is 10.9 Å². The third-order valence-corrected chi connectivity index (χ3v) is 6.20. The van der Waals surface area contributed by atoms with Crippen LogP contribution in [0.1, 0.15) is 43.4 Å². The Kier molecular flexibility index (Phi) is 4.84. The van der Waals surface area contributed by atoms with E-state index in [1.807, 2.05) is 35.9 Å². The SMILES string of the molecule is Cc1ccccc1-n1nc(C(=O)NNC(=O)c2ccc(Br)s2)c2c1CCC2. The molecule has 1 aliphatic rings. The number of thiophene rings is 1. The van der Waals surface area contributed by atoms with Crippen molar-refractivity contribution in [1.82, 2.24) is 20.6 Å². The largest absolute Gasteiger partial charge is 0.290 e. The fourth-order valence-electron chi connectivity index (χ4n) is 3.29. The molecule has 0 saturated heterocycles. The van der Waals surface area contributed by atoms with E-state index in [2.05, 4.69) is 31.9 Å². The zero-order valence-electron chi connectivity index (χ0n) is 14.6. The molecule has 138 valence electrons. The number of fused-ring (bicyclic) bond motifs is 1. The Morgan fingerprint density at radius 2 is 1.89 bits per heavy atom. The van der Waals surface area contributed by atoms with Crippen LogP contribution in [0.4, 0.5) is 0 Å². The standard InChI is InChI=1S/C19H17BrN4O2S/c1-11-5-2-3-7-13(11)24-14-8-4-6-12(14)17(23-24)19(26)22-21-18(25)15-9-10-16(20)27-15/h2-3,5,7,9-10H,4,6,8H2,1H3,(H,21,25)(H,22,26). The fraction of sp³-hybridized carbons (Fsp3) is 0.211. The Labute approximate surface area is 168 Å². The van der Waals surface area contributed by atoms with Gasteiger partial charge in [0.15, 0.2) is 5.69 Å². The number of benzene rings is 1. The summed E-state index contributed by atoms with van der Waals surface area (Å²) >= 11 is 4.62. The predicted octanol–water partition coefficient (Wildman–Crippen LogP) is 3.57. The normalized spacial score (nSPS) is 12.7. The Hall–Kier alpha value is -2.45. The second-order valence-corrected chi connectivity index (χ2v) is 8.80. The van der Waals surface area contributed by atoms with Crippen LogP contribution in [0.3, 0.4) is 0 Å². The molecular formula is C19H17BrN4O2S. The molecule has 0 aliphatic heterocycles. The summed E-state index contributed by atoms with van der Waals surface area (Å²) in [5.41, 5.74) is 9.43. The Morgan fingerprint density at radius 3 is 2.63 bits per heavy atom. The summed E-state index contributed by atoms with van der Waals surface area (Å²) < 4.78 is 2.72. The van der Waals surface area contributed by atoms with E-state index < -0.39 is 5.91 Å². The first-order chi connectivity index (χ1) is 13.0. The van der Waals surface area contributed by atoms with Crippen molar-refractivity contribution in [2.24, 2.45) is 0 Å². The van der Waals surface area contributed by atoms with E-state index in [1.165, 1.54) is 11.3 Å². The van der Waals surface area contributed by atoms with Crippen LogP contribution in [0.2, 0.25) is 0 Å². The van der Waals surface area contributed by atoms with Crippen LogP contribution >= 0.6 is 27.3 Å². The van der Waals surface area contributed by atoms with Gasteiger partial charge in [-0.15, -0.1) is 11.3 Å². The Bertz CT molecular complexity index is 1040. The molecule has 2 heterocycles. The number of hydrogen-bond acceptors (Lipinski definition) is 4. The average molecular weight is 445 g/mol. The number of hydrogen-bond donors (Lipinski definition) is 2. The maximum Gasteiger partial charge on any atom is 0.290 e. The maximum atomic E-state index is 12.7. The average Bonchev–Trinajstić information content (AvgIpc) is 3.36. The van der Waals surface area contributed by atoms with Gasteiger partial charge in [-0.1, -0.05) is 18.2 Å². The lowest BCUT2D eigenvalue weighted by molar-refractivity contribution is 0.0845. The lowest BCUT2D eigenvalue weighted by Gasteiger charge is -2.08. The molecule has 0 atom stereocenters. The van der Waals surface area contributed by atoms with Crippen LogP contribution in [0.15, 0.2) is 40.2 Å². The molecule has 2 aromatic heterocycles. The molecule has 4 rings (SSSR count). The highest BCUT2D eigenvalue weighted by Gasteiger charge is 2.27. The maximum absolute atomic E-state index is 12.7. The summed E-state index contributed by atoms with van der Waals surface area (Å²) in [5.74, 6) is -0.751. The van der Waals surface area contributed by atoms with E-state index >= 15 is 0 Å². The zero-order chi connectivity index (χ0) is 19.0. The van der Waals surface area contributed by atoms with Gasteiger partial charge in [-0.05, 0) is 65.9 Å². The first-order valence-electron chi connectivity index (χ1n) is 8.57. The molecule has 0 radical (unpaired) electrons. The van der Waals surface area contributed by atoms with E-state index in [9.17, 15) is 9.59 Å². The van der Waals surface area contributed by atoms with Gasteiger partial charge in [0, 0.05) is 11.3 Å². The second kappa shape index (κ2) is 7.28. The molecule has 0 bridgehead atoms. The number of carbonyl (C=O) groups is 2. The van der Waals surface area contributed by atoms with Crippen molar-refractivity contribution in [2.75, 3.05) is 0 Å². The molecule has 6 nitrogen and oxygen atoms in total. The molecule has 27 heavy (non-hydrogen) atoms. The van der Waals surface area contributed by atoms with Gasteiger partial charge in [-0.25, -0.2) is 4.68 Å². The van der Waals surface area contributed by atoms with E-state index in [-0.39, 0.29) is 5.91 Å². The minimum Gasteiger partial charge on any atom is -0.266 e. The lowest BCUT2D eigenvalue weighted by Crippen LogP contribution is -2.41. The minimum absolute atomic E-state index is 0.353. The van der Waals surface area contributed by atoms with Crippen molar-refractivity contribution < 1.29 is 9.59 Å². The quantitative estimate of drug-likeness (QED) is 0.606. The number of carbonyl (C=O) groups excluding carboxylic acids is 2. The highest BCUT2D eigenvalue weighted by Crippen LogP contribution is 2.28. The molecule has 1 aromatic carbocycles. The van der Waals surface area contributed by atoms with E-state index in [4.69, 9.17) is 0 Å². The highest BCUT2D eigenvalue weighted by atomic mass is 79.9. The van der Waals surface area contributed by atoms with Gasteiger partial charge >= 0.3 is 0 Å². The van der Waals surface area contributed by atoms with Gasteiger partial charge < -0.3 is 0 Å². The third kappa shape index (κ3) is 3.42. The summed E-state index contributed by atoms with van der Waals surface area (Å²) in [6.45, 7) is 2.03. The topological polar surface area (TPSA) is 76.0 Å². The number of amides is 2. The molecule has 3 aromatic rings. The Balaban J connectivity index is 1.57. The summed E-state index contributed by atoms with van der Waals surface area (Å²) in [6.07, 6.45) is 2.70. The van der Waals surface area contributed by atoms with Gasteiger partial charge in [-0.2, -0.15) is 5.10 Å². The van der Waals surface area contributed by atoms with Gasteiger partial charge in [0.25, 0.3) is 11.8 Å². The van der Waals surface area contributed by atoms with Crippen LogP contribution in [0.25, 0.3) is 5.69 Å². The summed E-state index contributed by atoms with van der Waals surface area (Å²) in [7, 11) is 0. The van der Waals surface area contributed by atoms with Gasteiger partial charge in [0.1, 0.15) is 0 Å². The molecule has 2 N–H and O–H groups in total. The van der Waals surface area contributed by atoms with Crippen LogP contribution in [-0.2, 0) is 12.8 Å². The number of aryl methyl sites for hydroxylation is 1. The molecule has 2 amide bonds. The monoisotopic (exact) mass is 444 g/mol. The van der Waals surface area contributed by atoms with Crippen molar-refractivity contribution in [2.45, 2.75) is 26.2 Å². The summed E-state index contributed by atoms with van der Waals surface area (Å²) in [5, 5.41) is 4.57. The van der Waals surface area contributed by atoms with Crippen molar-refractivity contribution in [3.63, 3.8) is 0 Å². The number of halogens is 1. The van der Waals surface area contributed by atoms with Crippen molar-refractivity contribution in [3.05, 3.63) is 67.6 Å². The lowest BCUT2D eigenvalue weighted by atomic mass is 10.2. The molecule has 0 saturated carbocycles. The van der Waals surface area contributed by atoms with Crippen LogP contribution in [0, 0.1) is 6.92 Å². The summed E-state index contributed by atoms with van der Waals surface area (Å²) in [4.78, 5) is 25.3. The first kappa shape index (κ1) is 17.9. The fourth-order valence-corrected chi connectivity index (χ4v) is 4.57. The Morgan fingerprint density at radius 1 is 1.11 bits per heavy atom. The van der Waals surface area contributed by atoms with E-state index in [0.717, 1.165) is 45.6 Å². The van der Waals surface area contributed by atoms with E-state index in [1.54, 1.807) is 12.1 Å². The molecule has 0 spiro atoms. The smallest absolute Gasteiger partial charge is 0.266 e.